The average molecular weight is 331 g/mol. The number of nitrogens with zero attached hydrogens (tertiary/aromatic N) is 5. The molecule has 0 amide bonds. The van der Waals surface area contributed by atoms with Gasteiger partial charge in [-0.25, -0.2) is 9.61 Å². The number of aryl methyl sites for hydroxylation is 1. The Labute approximate surface area is 141 Å². The van der Waals surface area contributed by atoms with E-state index >= 15 is 0 Å². The van der Waals surface area contributed by atoms with Gasteiger partial charge < -0.3 is 0 Å². The van der Waals surface area contributed by atoms with Gasteiger partial charge in [-0.2, -0.15) is 0 Å². The summed E-state index contributed by atoms with van der Waals surface area (Å²) in [6.07, 6.45) is 3.85. The maximum Gasteiger partial charge on any atom is 0.253 e. The monoisotopic (exact) mass is 331 g/mol. The quantitative estimate of drug-likeness (QED) is 0.833. The molecule has 3 rings (SSSR count). The van der Waals surface area contributed by atoms with Crippen molar-refractivity contribution in [3.05, 3.63) is 39.8 Å². The molecule has 0 N–H and O–H groups in total. The molecule has 2 aromatic rings. The summed E-state index contributed by atoms with van der Waals surface area (Å²) in [5, 5.41) is 7.77. The van der Waals surface area contributed by atoms with Crippen LogP contribution < -0.4 is 5.56 Å². The van der Waals surface area contributed by atoms with Crippen molar-refractivity contribution in [2.45, 2.75) is 52.6 Å². The van der Waals surface area contributed by atoms with Crippen LogP contribution in [0.1, 0.15) is 49.7 Å². The Morgan fingerprint density at radius 2 is 2.04 bits per heavy atom. The molecule has 2 aromatic heterocycles. The molecule has 0 atom stereocenters. The Morgan fingerprint density at radius 3 is 2.62 bits per heavy atom. The molecule has 1 fully saturated rings. The van der Waals surface area contributed by atoms with Gasteiger partial charge in [0.05, 0.1) is 12.0 Å². The summed E-state index contributed by atoms with van der Waals surface area (Å²) < 4.78 is 6.50. The largest absolute Gasteiger partial charge is 0.299 e. The smallest absolute Gasteiger partial charge is 0.253 e. The zero-order valence-electron chi connectivity index (χ0n) is 14.6. The van der Waals surface area contributed by atoms with E-state index in [-0.39, 0.29) is 11.5 Å². The Bertz CT molecular complexity index is 729. The Kier molecular flexibility index (Phi) is 5.08. The van der Waals surface area contributed by atoms with E-state index in [2.05, 4.69) is 20.2 Å². The summed E-state index contributed by atoms with van der Waals surface area (Å²) in [6.45, 7) is 9.56. The van der Waals surface area contributed by atoms with Gasteiger partial charge in [-0.1, -0.05) is 24.2 Å². The molecule has 0 unspecified atom stereocenters. The molecule has 1 aliphatic rings. The van der Waals surface area contributed by atoms with Crippen LogP contribution in [0, 0.1) is 12.8 Å². The van der Waals surface area contributed by atoms with Gasteiger partial charge in [0.15, 0.2) is 0 Å². The maximum atomic E-state index is 12.2. The molecule has 1 aliphatic heterocycles. The molecule has 0 aromatic carbocycles. The lowest BCUT2D eigenvalue weighted by Gasteiger charge is -2.31. The van der Waals surface area contributed by atoms with E-state index in [0.29, 0.717) is 5.92 Å². The molecule has 3 heterocycles. The zero-order valence-corrected chi connectivity index (χ0v) is 14.6. The molecular formula is C17H25N5O2. The van der Waals surface area contributed by atoms with Crippen molar-refractivity contribution in [2.24, 2.45) is 5.92 Å². The molecule has 0 bridgehead atoms. The average Bonchev–Trinajstić information content (AvgIpc) is 2.96. The Hall–Kier alpha value is -2.02. The van der Waals surface area contributed by atoms with Crippen LogP contribution in [0.2, 0.25) is 0 Å². The second-order valence-corrected chi connectivity index (χ2v) is 6.97. The van der Waals surface area contributed by atoms with Crippen molar-refractivity contribution in [3.63, 3.8) is 0 Å². The fourth-order valence-electron chi connectivity index (χ4n) is 3.10. The first-order valence-electron chi connectivity index (χ1n) is 8.59. The lowest BCUT2D eigenvalue weighted by molar-refractivity contribution is 0.162. The maximum absolute atomic E-state index is 12.2. The van der Waals surface area contributed by atoms with Gasteiger partial charge in [0, 0.05) is 19.2 Å². The highest BCUT2D eigenvalue weighted by Gasteiger charge is 2.21. The van der Waals surface area contributed by atoms with Gasteiger partial charge in [0.1, 0.15) is 11.4 Å². The van der Waals surface area contributed by atoms with Crippen LogP contribution >= 0.6 is 0 Å². The van der Waals surface area contributed by atoms with Gasteiger partial charge in [-0.05, 0) is 44.7 Å². The SMILES string of the molecule is Cc1nonc1CN1CCC(Cn2cnc(C(C)C)cc2=O)CC1. The zero-order chi connectivity index (χ0) is 17.1. The number of hydrogen-bond acceptors (Lipinski definition) is 6. The standard InChI is InChI=1S/C17H25N5O2/c1-12(2)15-8-17(23)22(11-18-15)9-14-4-6-21(7-5-14)10-16-13(3)19-24-20-16/h8,11-12,14H,4-7,9-10H2,1-3H3. The minimum Gasteiger partial charge on any atom is -0.299 e. The summed E-state index contributed by atoms with van der Waals surface area (Å²) in [5.74, 6) is 0.798. The van der Waals surface area contributed by atoms with Crippen LogP contribution in [0.5, 0.6) is 0 Å². The minimum absolute atomic E-state index is 0.0559. The van der Waals surface area contributed by atoms with Gasteiger partial charge in [0.25, 0.3) is 5.56 Å². The molecule has 0 saturated carbocycles. The first-order valence-corrected chi connectivity index (χ1v) is 8.59. The predicted octanol–water partition coefficient (Wildman–Crippen LogP) is 1.97. The summed E-state index contributed by atoms with van der Waals surface area (Å²) >= 11 is 0. The van der Waals surface area contributed by atoms with Gasteiger partial charge in [-0.3, -0.25) is 14.3 Å². The first kappa shape index (κ1) is 16.8. The highest BCUT2D eigenvalue weighted by molar-refractivity contribution is 5.05. The highest BCUT2D eigenvalue weighted by Crippen LogP contribution is 2.20. The highest BCUT2D eigenvalue weighted by atomic mass is 16.6. The summed E-state index contributed by atoms with van der Waals surface area (Å²) in [6, 6.07) is 1.67. The third-order valence-electron chi connectivity index (χ3n) is 4.77. The van der Waals surface area contributed by atoms with Crippen LogP contribution in [0.25, 0.3) is 0 Å². The first-order chi connectivity index (χ1) is 11.5. The second kappa shape index (κ2) is 7.25. The van der Waals surface area contributed by atoms with Gasteiger partial charge in [-0.15, -0.1) is 0 Å². The number of likely N-dealkylation sites (tertiary alicyclic amines) is 1. The second-order valence-electron chi connectivity index (χ2n) is 6.97. The van der Waals surface area contributed by atoms with E-state index in [1.807, 2.05) is 20.8 Å². The summed E-state index contributed by atoms with van der Waals surface area (Å²) in [5.41, 5.74) is 2.70. The van der Waals surface area contributed by atoms with Crippen LogP contribution in [0.4, 0.5) is 0 Å². The normalized spacial score (nSPS) is 16.8. The topological polar surface area (TPSA) is 77.1 Å². The predicted molar refractivity (Wildman–Crippen MR) is 89.6 cm³/mol. The van der Waals surface area contributed by atoms with E-state index in [1.54, 1.807) is 17.0 Å². The fraction of sp³-hybridized carbons (Fsp3) is 0.647. The molecule has 1 saturated heterocycles. The lowest BCUT2D eigenvalue weighted by Crippen LogP contribution is -2.36. The van der Waals surface area contributed by atoms with Crippen molar-refractivity contribution in [1.82, 2.24) is 24.8 Å². The summed E-state index contributed by atoms with van der Waals surface area (Å²) in [4.78, 5) is 19.0. The number of aromatic nitrogens is 4. The van der Waals surface area contributed by atoms with E-state index in [9.17, 15) is 4.79 Å². The van der Waals surface area contributed by atoms with Crippen molar-refractivity contribution >= 4 is 0 Å². The molecular weight excluding hydrogens is 306 g/mol. The van der Waals surface area contributed by atoms with E-state index in [0.717, 1.165) is 56.1 Å². The summed E-state index contributed by atoms with van der Waals surface area (Å²) in [7, 11) is 0. The van der Waals surface area contributed by atoms with Gasteiger partial charge >= 0.3 is 0 Å². The van der Waals surface area contributed by atoms with E-state index in [4.69, 9.17) is 4.63 Å². The molecule has 24 heavy (non-hydrogen) atoms. The molecule has 0 aliphatic carbocycles. The van der Waals surface area contributed by atoms with Crippen LogP contribution in [-0.2, 0) is 13.1 Å². The van der Waals surface area contributed by atoms with Crippen molar-refractivity contribution in [3.8, 4) is 0 Å². The number of piperidine rings is 1. The fourth-order valence-corrected chi connectivity index (χ4v) is 3.10. The third kappa shape index (κ3) is 3.90. The van der Waals surface area contributed by atoms with E-state index < -0.39 is 0 Å². The Balaban J connectivity index is 1.54. The van der Waals surface area contributed by atoms with Crippen LogP contribution in [0.15, 0.2) is 21.8 Å². The van der Waals surface area contributed by atoms with Gasteiger partial charge in [0.2, 0.25) is 0 Å². The van der Waals surface area contributed by atoms with Crippen LogP contribution in [-0.4, -0.2) is 37.9 Å². The van der Waals surface area contributed by atoms with E-state index in [1.165, 1.54) is 0 Å². The van der Waals surface area contributed by atoms with Crippen LogP contribution in [0.3, 0.4) is 0 Å². The molecule has 0 radical (unpaired) electrons. The molecule has 7 heteroatoms. The number of rotatable bonds is 5. The third-order valence-corrected chi connectivity index (χ3v) is 4.77. The number of hydrogen-bond donors (Lipinski definition) is 0. The lowest BCUT2D eigenvalue weighted by atomic mass is 9.96. The molecule has 7 nitrogen and oxygen atoms in total. The van der Waals surface area contributed by atoms with Crippen molar-refractivity contribution in [2.75, 3.05) is 13.1 Å². The van der Waals surface area contributed by atoms with Crippen molar-refractivity contribution < 1.29 is 4.63 Å². The van der Waals surface area contributed by atoms with Crippen molar-refractivity contribution in [1.29, 1.82) is 0 Å². The Morgan fingerprint density at radius 1 is 1.29 bits per heavy atom. The molecule has 130 valence electrons. The minimum atomic E-state index is 0.0559. The molecule has 0 spiro atoms.